The van der Waals surface area contributed by atoms with Crippen molar-refractivity contribution in [1.29, 1.82) is 0 Å². The molecule has 0 unspecified atom stereocenters. The van der Waals surface area contributed by atoms with Crippen molar-refractivity contribution < 1.29 is 4.74 Å². The highest BCUT2D eigenvalue weighted by Crippen LogP contribution is 2.25. The predicted octanol–water partition coefficient (Wildman–Crippen LogP) is 3.20. The van der Waals surface area contributed by atoms with Crippen molar-refractivity contribution in [3.8, 4) is 5.75 Å². The molecule has 0 radical (unpaired) electrons. The zero-order chi connectivity index (χ0) is 18.3. The minimum absolute atomic E-state index is 0.455. The number of aromatic amines is 1. The van der Waals surface area contributed by atoms with E-state index in [1.54, 1.807) is 0 Å². The fourth-order valence-electron chi connectivity index (χ4n) is 3.58. The van der Waals surface area contributed by atoms with Crippen molar-refractivity contribution in [2.45, 2.75) is 31.7 Å². The van der Waals surface area contributed by atoms with Gasteiger partial charge >= 0.3 is 0 Å². The predicted molar refractivity (Wildman–Crippen MR) is 104 cm³/mol. The quantitative estimate of drug-likeness (QED) is 0.698. The third-order valence-electron chi connectivity index (χ3n) is 5.17. The van der Waals surface area contributed by atoms with Gasteiger partial charge in [-0.15, -0.1) is 5.10 Å². The largest absolute Gasteiger partial charge is 0.493 e. The molecule has 0 spiro atoms. The van der Waals surface area contributed by atoms with Crippen LogP contribution in [0.15, 0.2) is 54.6 Å². The third-order valence-corrected chi connectivity index (χ3v) is 5.17. The third kappa shape index (κ3) is 4.92. The van der Waals surface area contributed by atoms with Gasteiger partial charge < -0.3 is 4.74 Å². The molecular formula is C21H25N5O. The van der Waals surface area contributed by atoms with E-state index in [0.29, 0.717) is 12.5 Å². The zero-order valence-corrected chi connectivity index (χ0v) is 15.4. The average molecular weight is 363 g/mol. The summed E-state index contributed by atoms with van der Waals surface area (Å²) in [6.07, 6.45) is 3.12. The van der Waals surface area contributed by atoms with Crippen LogP contribution in [-0.2, 0) is 13.0 Å². The highest BCUT2D eigenvalue weighted by Gasteiger charge is 2.22. The number of aromatic nitrogens is 4. The van der Waals surface area contributed by atoms with Crippen LogP contribution in [0.4, 0.5) is 0 Å². The molecule has 140 valence electrons. The van der Waals surface area contributed by atoms with Crippen molar-refractivity contribution in [3.63, 3.8) is 0 Å². The molecule has 0 bridgehead atoms. The van der Waals surface area contributed by atoms with Crippen LogP contribution in [0.25, 0.3) is 0 Å². The van der Waals surface area contributed by atoms with E-state index in [0.717, 1.165) is 50.5 Å². The molecule has 1 aliphatic heterocycles. The number of benzene rings is 2. The molecule has 2 aromatic carbocycles. The number of nitrogens with one attached hydrogen (secondary N) is 1. The number of nitrogens with zero attached hydrogens (tertiary/aromatic N) is 4. The normalized spacial score (nSPS) is 15.7. The number of H-pyrrole nitrogens is 1. The second kappa shape index (κ2) is 8.77. The monoisotopic (exact) mass is 363 g/mol. The Kier molecular flexibility index (Phi) is 5.74. The van der Waals surface area contributed by atoms with Gasteiger partial charge in [-0.05, 0) is 59.6 Å². The Morgan fingerprint density at radius 2 is 1.74 bits per heavy atom. The smallest absolute Gasteiger partial charge is 0.151 e. The summed E-state index contributed by atoms with van der Waals surface area (Å²) in [5.41, 5.74) is 2.63. The summed E-state index contributed by atoms with van der Waals surface area (Å²) in [6, 6.07) is 18.9. The summed E-state index contributed by atoms with van der Waals surface area (Å²) in [5, 5.41) is 14.3. The van der Waals surface area contributed by atoms with E-state index < -0.39 is 0 Å². The molecule has 4 rings (SSSR count). The van der Waals surface area contributed by atoms with E-state index >= 15 is 0 Å². The maximum absolute atomic E-state index is 5.87. The van der Waals surface area contributed by atoms with Crippen LogP contribution in [0, 0.1) is 0 Å². The van der Waals surface area contributed by atoms with E-state index in [2.05, 4.69) is 74.1 Å². The summed E-state index contributed by atoms with van der Waals surface area (Å²) in [4.78, 5) is 2.49. The molecule has 0 aliphatic carbocycles. The topological polar surface area (TPSA) is 66.9 Å². The molecule has 1 aliphatic rings. The van der Waals surface area contributed by atoms with Crippen molar-refractivity contribution >= 4 is 0 Å². The number of piperidine rings is 1. The van der Waals surface area contributed by atoms with Gasteiger partial charge in [-0.2, -0.15) is 0 Å². The second-order valence-corrected chi connectivity index (χ2v) is 7.06. The van der Waals surface area contributed by atoms with Crippen molar-refractivity contribution in [1.82, 2.24) is 25.5 Å². The van der Waals surface area contributed by atoms with Crippen LogP contribution in [-0.4, -0.2) is 45.2 Å². The lowest BCUT2D eigenvalue weighted by molar-refractivity contribution is 0.201. The van der Waals surface area contributed by atoms with E-state index in [9.17, 15) is 0 Å². The Labute approximate surface area is 159 Å². The molecular weight excluding hydrogens is 338 g/mol. The SMILES string of the molecule is c1ccc(CCOc2ccc(CN3CCC(c4nnn[nH]4)CC3)cc2)cc1. The van der Waals surface area contributed by atoms with Crippen LogP contribution in [0.3, 0.4) is 0 Å². The molecule has 6 heteroatoms. The minimum Gasteiger partial charge on any atom is -0.493 e. The molecule has 0 amide bonds. The van der Waals surface area contributed by atoms with Crippen LogP contribution in [0.5, 0.6) is 5.75 Å². The summed E-state index contributed by atoms with van der Waals surface area (Å²) in [7, 11) is 0. The molecule has 1 saturated heterocycles. The first-order chi connectivity index (χ1) is 13.4. The second-order valence-electron chi connectivity index (χ2n) is 7.06. The maximum Gasteiger partial charge on any atom is 0.151 e. The number of rotatable bonds is 7. The lowest BCUT2D eigenvalue weighted by Gasteiger charge is -2.30. The standard InChI is InChI=1S/C21H25N5O/c1-2-4-17(5-3-1)12-15-27-20-8-6-18(7-9-20)16-26-13-10-19(11-14-26)21-22-24-25-23-21/h1-9,19H,10-16H2,(H,22,23,24,25). The fourth-order valence-corrected chi connectivity index (χ4v) is 3.58. The van der Waals surface area contributed by atoms with Crippen LogP contribution < -0.4 is 4.74 Å². The van der Waals surface area contributed by atoms with Crippen LogP contribution >= 0.6 is 0 Å². The number of hydrogen-bond donors (Lipinski definition) is 1. The molecule has 6 nitrogen and oxygen atoms in total. The van der Waals surface area contributed by atoms with E-state index in [1.165, 1.54) is 11.1 Å². The summed E-state index contributed by atoms with van der Waals surface area (Å²) in [6.45, 7) is 3.82. The van der Waals surface area contributed by atoms with Gasteiger partial charge in [0.05, 0.1) is 6.61 Å². The Morgan fingerprint density at radius 3 is 2.44 bits per heavy atom. The first-order valence-electron chi connectivity index (χ1n) is 9.58. The Hall–Kier alpha value is -2.73. The van der Waals surface area contributed by atoms with Gasteiger partial charge in [-0.25, -0.2) is 5.10 Å². The Bertz CT molecular complexity index is 796. The first kappa shape index (κ1) is 17.7. The van der Waals surface area contributed by atoms with Gasteiger partial charge in [-0.1, -0.05) is 42.5 Å². The van der Waals surface area contributed by atoms with Crippen molar-refractivity contribution in [3.05, 3.63) is 71.5 Å². The number of hydrogen-bond acceptors (Lipinski definition) is 5. The lowest BCUT2D eigenvalue weighted by Crippen LogP contribution is -2.32. The highest BCUT2D eigenvalue weighted by atomic mass is 16.5. The summed E-state index contributed by atoms with van der Waals surface area (Å²) in [5.74, 6) is 2.31. The molecule has 2 heterocycles. The highest BCUT2D eigenvalue weighted by molar-refractivity contribution is 5.27. The lowest BCUT2D eigenvalue weighted by atomic mass is 9.96. The summed E-state index contributed by atoms with van der Waals surface area (Å²) < 4.78 is 5.87. The average Bonchev–Trinajstić information content (AvgIpc) is 3.26. The first-order valence-corrected chi connectivity index (χ1v) is 9.58. The zero-order valence-electron chi connectivity index (χ0n) is 15.4. The van der Waals surface area contributed by atoms with Crippen LogP contribution in [0.2, 0.25) is 0 Å². The maximum atomic E-state index is 5.87. The van der Waals surface area contributed by atoms with Gasteiger partial charge in [0.2, 0.25) is 0 Å². The minimum atomic E-state index is 0.455. The Morgan fingerprint density at radius 1 is 0.963 bits per heavy atom. The molecule has 1 fully saturated rings. The molecule has 3 aromatic rings. The fraction of sp³-hybridized carbons (Fsp3) is 0.381. The molecule has 1 N–H and O–H groups in total. The number of tetrazole rings is 1. The van der Waals surface area contributed by atoms with E-state index in [1.807, 2.05) is 6.07 Å². The molecule has 1 aromatic heterocycles. The molecule has 27 heavy (non-hydrogen) atoms. The number of likely N-dealkylation sites (tertiary alicyclic amines) is 1. The van der Waals surface area contributed by atoms with Gasteiger partial charge in [0, 0.05) is 18.9 Å². The van der Waals surface area contributed by atoms with E-state index in [-0.39, 0.29) is 0 Å². The van der Waals surface area contributed by atoms with E-state index in [4.69, 9.17) is 4.74 Å². The Balaban J connectivity index is 1.21. The molecule has 0 atom stereocenters. The van der Waals surface area contributed by atoms with Gasteiger partial charge in [0.25, 0.3) is 0 Å². The van der Waals surface area contributed by atoms with Gasteiger partial charge in [0.15, 0.2) is 5.82 Å². The molecule has 0 saturated carbocycles. The van der Waals surface area contributed by atoms with Gasteiger partial charge in [-0.3, -0.25) is 4.90 Å². The van der Waals surface area contributed by atoms with Crippen molar-refractivity contribution in [2.75, 3.05) is 19.7 Å². The van der Waals surface area contributed by atoms with Crippen molar-refractivity contribution in [2.24, 2.45) is 0 Å². The van der Waals surface area contributed by atoms with Gasteiger partial charge in [0.1, 0.15) is 5.75 Å². The van der Waals surface area contributed by atoms with Crippen LogP contribution in [0.1, 0.15) is 35.7 Å². The number of ether oxygens (including phenoxy) is 1. The summed E-state index contributed by atoms with van der Waals surface area (Å²) >= 11 is 0.